The summed E-state index contributed by atoms with van der Waals surface area (Å²) in [4.78, 5) is 3.99. The van der Waals surface area contributed by atoms with Crippen molar-refractivity contribution in [1.29, 1.82) is 5.26 Å². The summed E-state index contributed by atoms with van der Waals surface area (Å²) in [5.41, 5.74) is 0.918. The fraction of sp³-hybridized carbons (Fsp3) is 0.143. The Balaban J connectivity index is 2.47. The van der Waals surface area contributed by atoms with E-state index in [1.807, 2.05) is 6.07 Å². The number of ether oxygens (including phenoxy) is 1. The molecule has 0 spiro atoms. The highest BCUT2D eigenvalue weighted by atomic mass is 35.5. The second kappa shape index (κ2) is 6.02. The largest absolute Gasteiger partial charge is 0.573 e. The molecule has 0 atom stereocenters. The third-order valence-corrected chi connectivity index (χ3v) is 2.93. The number of aromatic nitrogens is 1. The van der Waals surface area contributed by atoms with Crippen molar-refractivity contribution < 1.29 is 17.9 Å². The van der Waals surface area contributed by atoms with Crippen LogP contribution in [0.1, 0.15) is 5.56 Å². The van der Waals surface area contributed by atoms with Crippen LogP contribution in [0.3, 0.4) is 0 Å². The average molecular weight is 313 g/mol. The first kappa shape index (κ1) is 15.1. The molecule has 1 heterocycles. The zero-order valence-electron chi connectivity index (χ0n) is 10.5. The molecule has 0 unspecified atom stereocenters. The number of pyridine rings is 1. The van der Waals surface area contributed by atoms with E-state index in [1.165, 1.54) is 30.5 Å². The molecule has 0 fully saturated rings. The Bertz CT molecular complexity index is 695. The first-order chi connectivity index (χ1) is 9.90. The first-order valence-corrected chi connectivity index (χ1v) is 6.15. The molecule has 2 rings (SSSR count). The van der Waals surface area contributed by atoms with Gasteiger partial charge in [0.15, 0.2) is 0 Å². The standard InChI is InChI=1S/C14H8ClF3N2O/c15-11-8-20-12(7-9(11)5-6-19)10-3-1-2-4-13(10)21-14(16,17)18/h1-4,7-8H,5H2. The lowest BCUT2D eigenvalue weighted by Gasteiger charge is -2.13. The number of hydrogen-bond donors (Lipinski definition) is 0. The highest BCUT2D eigenvalue weighted by molar-refractivity contribution is 6.31. The van der Waals surface area contributed by atoms with Gasteiger partial charge in [0.2, 0.25) is 0 Å². The van der Waals surface area contributed by atoms with Crippen LogP contribution in [0.25, 0.3) is 11.3 Å². The lowest BCUT2D eigenvalue weighted by Crippen LogP contribution is -2.17. The summed E-state index contributed by atoms with van der Waals surface area (Å²) in [6.45, 7) is 0. The van der Waals surface area contributed by atoms with Gasteiger partial charge >= 0.3 is 6.36 Å². The molecule has 108 valence electrons. The highest BCUT2D eigenvalue weighted by Crippen LogP contribution is 2.33. The Morgan fingerprint density at radius 3 is 2.67 bits per heavy atom. The number of para-hydroxylation sites is 1. The number of hydrogen-bond acceptors (Lipinski definition) is 3. The van der Waals surface area contributed by atoms with Crippen molar-refractivity contribution in [1.82, 2.24) is 4.98 Å². The lowest BCUT2D eigenvalue weighted by atomic mass is 10.1. The van der Waals surface area contributed by atoms with E-state index in [4.69, 9.17) is 16.9 Å². The minimum atomic E-state index is -4.79. The van der Waals surface area contributed by atoms with Crippen LogP contribution in [-0.2, 0) is 6.42 Å². The van der Waals surface area contributed by atoms with E-state index in [2.05, 4.69) is 9.72 Å². The van der Waals surface area contributed by atoms with Crippen LogP contribution in [0.2, 0.25) is 5.02 Å². The highest BCUT2D eigenvalue weighted by Gasteiger charge is 2.32. The Kier molecular flexibility index (Phi) is 4.34. The molecule has 1 aromatic carbocycles. The number of nitrogens with zero attached hydrogens (tertiary/aromatic N) is 2. The predicted molar refractivity (Wildman–Crippen MR) is 70.7 cm³/mol. The monoisotopic (exact) mass is 312 g/mol. The number of rotatable bonds is 3. The van der Waals surface area contributed by atoms with E-state index in [1.54, 1.807) is 6.07 Å². The van der Waals surface area contributed by atoms with Gasteiger partial charge in [0.25, 0.3) is 0 Å². The SMILES string of the molecule is N#CCc1cc(-c2ccccc2OC(F)(F)F)ncc1Cl. The smallest absolute Gasteiger partial charge is 0.405 e. The number of halogens is 4. The van der Waals surface area contributed by atoms with E-state index in [0.29, 0.717) is 5.56 Å². The molecule has 0 aliphatic heterocycles. The van der Waals surface area contributed by atoms with Crippen LogP contribution in [0.4, 0.5) is 13.2 Å². The molecule has 1 aromatic heterocycles. The van der Waals surface area contributed by atoms with Gasteiger partial charge in [-0.05, 0) is 23.8 Å². The third kappa shape index (κ3) is 3.86. The minimum Gasteiger partial charge on any atom is -0.405 e. The fourth-order valence-corrected chi connectivity index (χ4v) is 1.91. The number of alkyl halides is 3. The van der Waals surface area contributed by atoms with Gasteiger partial charge in [0.1, 0.15) is 5.75 Å². The molecule has 7 heteroatoms. The predicted octanol–water partition coefficient (Wildman–Crippen LogP) is 4.37. The molecule has 3 nitrogen and oxygen atoms in total. The Labute approximate surface area is 123 Å². The van der Waals surface area contributed by atoms with Gasteiger partial charge in [-0.25, -0.2) is 0 Å². The van der Waals surface area contributed by atoms with Crippen molar-refractivity contribution in [3.8, 4) is 23.1 Å². The topological polar surface area (TPSA) is 45.9 Å². The van der Waals surface area contributed by atoms with Gasteiger partial charge in [-0.15, -0.1) is 13.2 Å². The molecule has 0 aliphatic carbocycles. The van der Waals surface area contributed by atoms with Gasteiger partial charge in [0.05, 0.1) is 23.2 Å². The molecule has 0 amide bonds. The van der Waals surface area contributed by atoms with Gasteiger partial charge in [-0.3, -0.25) is 4.98 Å². The van der Waals surface area contributed by atoms with Crippen molar-refractivity contribution in [3.63, 3.8) is 0 Å². The Hall–Kier alpha value is -2.26. The maximum atomic E-state index is 12.4. The first-order valence-electron chi connectivity index (χ1n) is 5.77. The quantitative estimate of drug-likeness (QED) is 0.845. The molecule has 0 saturated heterocycles. The second-order valence-electron chi connectivity index (χ2n) is 4.04. The van der Waals surface area contributed by atoms with E-state index in [-0.39, 0.29) is 28.5 Å². The fourth-order valence-electron chi connectivity index (χ4n) is 1.74. The third-order valence-electron chi connectivity index (χ3n) is 2.59. The van der Waals surface area contributed by atoms with Gasteiger partial charge in [0, 0.05) is 11.8 Å². The summed E-state index contributed by atoms with van der Waals surface area (Å²) in [7, 11) is 0. The van der Waals surface area contributed by atoms with Crippen LogP contribution in [0.5, 0.6) is 5.75 Å². The van der Waals surface area contributed by atoms with E-state index >= 15 is 0 Å². The summed E-state index contributed by atoms with van der Waals surface area (Å²) in [6, 6.07) is 9.05. The maximum Gasteiger partial charge on any atom is 0.573 e. The molecule has 0 radical (unpaired) electrons. The molecule has 0 N–H and O–H groups in total. The molecular weight excluding hydrogens is 305 g/mol. The van der Waals surface area contributed by atoms with Crippen LogP contribution in [0, 0.1) is 11.3 Å². The molecule has 0 bridgehead atoms. The molecule has 0 aliphatic rings. The molecule has 0 saturated carbocycles. The van der Waals surface area contributed by atoms with Crippen molar-refractivity contribution >= 4 is 11.6 Å². The van der Waals surface area contributed by atoms with Crippen LogP contribution >= 0.6 is 11.6 Å². The average Bonchev–Trinajstić information content (AvgIpc) is 2.40. The van der Waals surface area contributed by atoms with Crippen LogP contribution in [-0.4, -0.2) is 11.3 Å². The maximum absolute atomic E-state index is 12.4. The van der Waals surface area contributed by atoms with Gasteiger partial charge in [-0.1, -0.05) is 23.7 Å². The van der Waals surface area contributed by atoms with Crippen molar-refractivity contribution in [2.75, 3.05) is 0 Å². The van der Waals surface area contributed by atoms with Crippen LogP contribution < -0.4 is 4.74 Å². The normalized spacial score (nSPS) is 11.0. The van der Waals surface area contributed by atoms with Crippen molar-refractivity contribution in [2.24, 2.45) is 0 Å². The summed E-state index contributed by atoms with van der Waals surface area (Å²) < 4.78 is 41.2. The van der Waals surface area contributed by atoms with Gasteiger partial charge in [-0.2, -0.15) is 5.26 Å². The zero-order valence-corrected chi connectivity index (χ0v) is 11.2. The van der Waals surface area contributed by atoms with E-state index in [9.17, 15) is 13.2 Å². The molecule has 2 aromatic rings. The van der Waals surface area contributed by atoms with E-state index < -0.39 is 6.36 Å². The van der Waals surface area contributed by atoms with Gasteiger partial charge < -0.3 is 4.74 Å². The van der Waals surface area contributed by atoms with Crippen molar-refractivity contribution in [2.45, 2.75) is 12.8 Å². The summed E-state index contributed by atoms with van der Waals surface area (Å²) in [5, 5.41) is 9.00. The minimum absolute atomic E-state index is 0.0383. The zero-order chi connectivity index (χ0) is 15.5. The summed E-state index contributed by atoms with van der Waals surface area (Å²) in [6.07, 6.45) is -3.46. The lowest BCUT2D eigenvalue weighted by molar-refractivity contribution is -0.274. The number of benzene rings is 1. The summed E-state index contributed by atoms with van der Waals surface area (Å²) >= 11 is 5.88. The van der Waals surface area contributed by atoms with E-state index in [0.717, 1.165) is 0 Å². The second-order valence-corrected chi connectivity index (χ2v) is 4.45. The van der Waals surface area contributed by atoms with Crippen LogP contribution in [0.15, 0.2) is 36.5 Å². The number of nitriles is 1. The van der Waals surface area contributed by atoms with Crippen molar-refractivity contribution in [3.05, 3.63) is 47.1 Å². The molecular formula is C14H8ClF3N2O. The molecule has 21 heavy (non-hydrogen) atoms. The summed E-state index contributed by atoms with van der Waals surface area (Å²) in [5.74, 6) is -0.359. The Morgan fingerprint density at radius 1 is 1.29 bits per heavy atom. The Morgan fingerprint density at radius 2 is 2.00 bits per heavy atom.